The molecule has 0 bridgehead atoms. The van der Waals surface area contributed by atoms with E-state index < -0.39 is 11.9 Å². The summed E-state index contributed by atoms with van der Waals surface area (Å²) in [6.45, 7) is 2.13. The Bertz CT molecular complexity index is 1230. The number of rotatable bonds is 7. The topological polar surface area (TPSA) is 111 Å². The quantitative estimate of drug-likeness (QED) is 0.462. The Balaban J connectivity index is 1.42. The summed E-state index contributed by atoms with van der Waals surface area (Å²) in [6.07, 6.45) is 5.73. The average Bonchev–Trinajstić information content (AvgIpc) is 3.19. The van der Waals surface area contributed by atoms with Crippen LogP contribution in [0, 0.1) is 5.82 Å². The highest BCUT2D eigenvalue weighted by atomic mass is 19.1. The minimum atomic E-state index is -0.499. The van der Waals surface area contributed by atoms with Crippen LogP contribution in [0.5, 0.6) is 0 Å². The van der Waals surface area contributed by atoms with E-state index in [1.54, 1.807) is 43.5 Å². The molecule has 0 fully saturated rings. The number of pyridine rings is 1. The summed E-state index contributed by atoms with van der Waals surface area (Å²) in [5, 5.41) is 14.5. The fraction of sp³-hybridized carbons (Fsp3) is 0.182. The number of nitrogens with zero attached hydrogens (tertiary/aromatic N) is 6. The second kappa shape index (κ2) is 9.29. The van der Waals surface area contributed by atoms with Gasteiger partial charge in [0.2, 0.25) is 0 Å². The molecule has 1 aromatic carbocycles. The molecule has 1 unspecified atom stereocenters. The molecule has 1 amide bonds. The first kappa shape index (κ1) is 21.0. The van der Waals surface area contributed by atoms with Crippen LogP contribution < -0.4 is 10.6 Å². The smallest absolute Gasteiger partial charge is 0.251 e. The number of carbonyl (C=O) groups is 1. The fourth-order valence-corrected chi connectivity index (χ4v) is 3.21. The maximum absolute atomic E-state index is 13.9. The summed E-state index contributed by atoms with van der Waals surface area (Å²) in [6, 6.07) is 9.87. The van der Waals surface area contributed by atoms with Crippen LogP contribution in [0.25, 0.3) is 11.5 Å². The highest BCUT2D eigenvalue weighted by Gasteiger charge is 2.15. The van der Waals surface area contributed by atoms with Crippen molar-refractivity contribution < 1.29 is 9.18 Å². The first-order valence-corrected chi connectivity index (χ1v) is 9.92. The van der Waals surface area contributed by atoms with Crippen LogP contribution in [0.3, 0.4) is 0 Å². The molecule has 162 valence electrons. The van der Waals surface area contributed by atoms with Gasteiger partial charge in [-0.25, -0.2) is 14.4 Å². The molecule has 3 heterocycles. The van der Waals surface area contributed by atoms with Crippen molar-refractivity contribution in [3.63, 3.8) is 0 Å². The third kappa shape index (κ3) is 4.59. The molecule has 0 spiro atoms. The SMILES string of the molecule is CC(NC(=O)c1cccc(NCc2nnc(-c3ccncn3)n2C)c1)c1ccncc1F. The van der Waals surface area contributed by atoms with Crippen molar-refractivity contribution in [2.24, 2.45) is 7.05 Å². The molecule has 0 aliphatic heterocycles. The van der Waals surface area contributed by atoms with Gasteiger partial charge in [0.05, 0.1) is 18.8 Å². The molecule has 0 aliphatic rings. The molecule has 32 heavy (non-hydrogen) atoms. The van der Waals surface area contributed by atoms with E-state index in [2.05, 4.69) is 35.8 Å². The Labute approximate surface area is 183 Å². The summed E-state index contributed by atoms with van der Waals surface area (Å²) in [7, 11) is 1.86. The van der Waals surface area contributed by atoms with Crippen molar-refractivity contribution in [1.82, 2.24) is 35.0 Å². The Morgan fingerprint density at radius 2 is 2.00 bits per heavy atom. The average molecular weight is 432 g/mol. The third-order valence-electron chi connectivity index (χ3n) is 4.97. The van der Waals surface area contributed by atoms with Crippen molar-refractivity contribution in [2.45, 2.75) is 19.5 Å². The van der Waals surface area contributed by atoms with Gasteiger partial charge in [-0.3, -0.25) is 9.78 Å². The van der Waals surface area contributed by atoms with E-state index in [1.165, 1.54) is 12.5 Å². The lowest BCUT2D eigenvalue weighted by molar-refractivity contribution is 0.0939. The molecule has 2 N–H and O–H groups in total. The molecule has 10 heteroatoms. The van der Waals surface area contributed by atoms with Crippen LogP contribution in [0.15, 0.2) is 61.3 Å². The molecule has 4 aromatic rings. The van der Waals surface area contributed by atoms with E-state index in [1.807, 2.05) is 17.7 Å². The summed E-state index contributed by atoms with van der Waals surface area (Å²) in [5.74, 6) is 0.577. The molecule has 0 saturated carbocycles. The second-order valence-electron chi connectivity index (χ2n) is 7.12. The number of hydrogen-bond donors (Lipinski definition) is 2. The zero-order valence-corrected chi connectivity index (χ0v) is 17.5. The molecule has 0 saturated heterocycles. The van der Waals surface area contributed by atoms with E-state index >= 15 is 0 Å². The van der Waals surface area contributed by atoms with Gasteiger partial charge in [0, 0.05) is 36.3 Å². The molecule has 9 nitrogen and oxygen atoms in total. The summed E-state index contributed by atoms with van der Waals surface area (Å²) in [4.78, 5) is 24.5. The third-order valence-corrected chi connectivity index (χ3v) is 4.97. The van der Waals surface area contributed by atoms with Gasteiger partial charge < -0.3 is 15.2 Å². The van der Waals surface area contributed by atoms with Crippen molar-refractivity contribution in [3.8, 4) is 11.5 Å². The Morgan fingerprint density at radius 1 is 1.16 bits per heavy atom. The normalized spacial score (nSPS) is 11.7. The van der Waals surface area contributed by atoms with Crippen LogP contribution >= 0.6 is 0 Å². The highest BCUT2D eigenvalue weighted by Crippen LogP contribution is 2.18. The van der Waals surface area contributed by atoms with E-state index in [9.17, 15) is 9.18 Å². The number of nitrogens with one attached hydrogen (secondary N) is 2. The van der Waals surface area contributed by atoms with Crippen molar-refractivity contribution in [2.75, 3.05) is 5.32 Å². The van der Waals surface area contributed by atoms with E-state index in [0.29, 0.717) is 35.0 Å². The molecule has 0 radical (unpaired) electrons. The van der Waals surface area contributed by atoms with Gasteiger partial charge in [0.25, 0.3) is 5.91 Å². The monoisotopic (exact) mass is 432 g/mol. The van der Waals surface area contributed by atoms with Crippen LogP contribution in [0.2, 0.25) is 0 Å². The first-order valence-electron chi connectivity index (χ1n) is 9.92. The van der Waals surface area contributed by atoms with Gasteiger partial charge in [-0.15, -0.1) is 10.2 Å². The number of halogens is 1. The van der Waals surface area contributed by atoms with E-state index in [0.717, 1.165) is 11.9 Å². The Hall–Kier alpha value is -4.21. The van der Waals surface area contributed by atoms with Gasteiger partial charge in [-0.2, -0.15) is 0 Å². The lowest BCUT2D eigenvalue weighted by Crippen LogP contribution is -2.27. The van der Waals surface area contributed by atoms with Gasteiger partial charge in [-0.1, -0.05) is 6.07 Å². The van der Waals surface area contributed by atoms with E-state index in [4.69, 9.17) is 0 Å². The predicted molar refractivity (Wildman–Crippen MR) is 116 cm³/mol. The van der Waals surface area contributed by atoms with Gasteiger partial charge in [0.15, 0.2) is 11.6 Å². The molecule has 0 aliphatic carbocycles. The maximum Gasteiger partial charge on any atom is 0.251 e. The van der Waals surface area contributed by atoms with Crippen molar-refractivity contribution in [3.05, 3.63) is 84.1 Å². The minimum Gasteiger partial charge on any atom is -0.378 e. The van der Waals surface area contributed by atoms with Gasteiger partial charge in [-0.05, 0) is 37.3 Å². The molecular formula is C22H21FN8O. The summed E-state index contributed by atoms with van der Waals surface area (Å²) >= 11 is 0. The van der Waals surface area contributed by atoms with Crippen LogP contribution in [-0.4, -0.2) is 35.6 Å². The van der Waals surface area contributed by atoms with Crippen LogP contribution in [-0.2, 0) is 13.6 Å². The maximum atomic E-state index is 13.9. The zero-order valence-electron chi connectivity index (χ0n) is 17.5. The standard InChI is InChI=1S/C22H21FN8O/c1-14(17-6-8-24-11-18(17)23)28-22(32)15-4-3-5-16(10-15)26-12-20-29-30-21(31(20)2)19-7-9-25-13-27-19/h3-11,13-14,26H,12H2,1-2H3,(H,28,32). The summed E-state index contributed by atoms with van der Waals surface area (Å²) < 4.78 is 15.8. The zero-order chi connectivity index (χ0) is 22.5. The van der Waals surface area contributed by atoms with Gasteiger partial charge in [0.1, 0.15) is 17.8 Å². The largest absolute Gasteiger partial charge is 0.378 e. The number of carbonyl (C=O) groups excluding carboxylic acids is 1. The Kier molecular flexibility index (Phi) is 6.11. The number of hydrogen-bond acceptors (Lipinski definition) is 7. The number of benzene rings is 1. The minimum absolute atomic E-state index is 0.304. The second-order valence-corrected chi connectivity index (χ2v) is 7.12. The number of amides is 1. The van der Waals surface area contributed by atoms with Crippen molar-refractivity contribution in [1.29, 1.82) is 0 Å². The summed E-state index contributed by atoms with van der Waals surface area (Å²) in [5.41, 5.74) is 2.26. The van der Waals surface area contributed by atoms with Gasteiger partial charge >= 0.3 is 0 Å². The molecule has 3 aromatic heterocycles. The Morgan fingerprint density at radius 3 is 2.78 bits per heavy atom. The lowest BCUT2D eigenvalue weighted by atomic mass is 10.1. The van der Waals surface area contributed by atoms with Crippen LogP contribution in [0.4, 0.5) is 10.1 Å². The van der Waals surface area contributed by atoms with Crippen LogP contribution in [0.1, 0.15) is 34.7 Å². The predicted octanol–water partition coefficient (Wildman–Crippen LogP) is 2.91. The highest BCUT2D eigenvalue weighted by molar-refractivity contribution is 5.95. The molecule has 4 rings (SSSR count). The molecular weight excluding hydrogens is 411 g/mol. The van der Waals surface area contributed by atoms with E-state index in [-0.39, 0.29) is 5.91 Å². The lowest BCUT2D eigenvalue weighted by Gasteiger charge is -2.15. The fourth-order valence-electron chi connectivity index (χ4n) is 3.21. The molecule has 1 atom stereocenters. The van der Waals surface area contributed by atoms with Crippen molar-refractivity contribution >= 4 is 11.6 Å². The first-order chi connectivity index (χ1) is 15.5. The number of aromatic nitrogens is 6. The number of anilines is 1.